The molecule has 0 fully saturated rings. The van der Waals surface area contributed by atoms with Crippen LogP contribution in [0.2, 0.25) is 0 Å². The van der Waals surface area contributed by atoms with Crippen LogP contribution >= 0.6 is 24.2 Å². The molecule has 22 heavy (non-hydrogen) atoms. The molecule has 0 aliphatic heterocycles. The Hall–Kier alpha value is -1.04. The lowest BCUT2D eigenvalue weighted by atomic mass is 9.94. The van der Waals surface area contributed by atoms with Crippen LogP contribution in [0.5, 0.6) is 0 Å². The molecule has 6 heteroatoms. The van der Waals surface area contributed by atoms with E-state index < -0.39 is 0 Å². The Morgan fingerprint density at radius 1 is 1.14 bits per heavy atom. The summed E-state index contributed by atoms with van der Waals surface area (Å²) >= 11 is 1.33. The zero-order chi connectivity index (χ0) is 15.7. The van der Waals surface area contributed by atoms with Crippen molar-refractivity contribution in [2.45, 2.75) is 32.2 Å². The third kappa shape index (κ3) is 7.29. The molecule has 3 N–H and O–H groups in total. The second kappa shape index (κ2) is 10.6. The van der Waals surface area contributed by atoms with Crippen LogP contribution < -0.4 is 11.1 Å². The third-order valence-electron chi connectivity index (χ3n) is 3.61. The first kappa shape index (κ1) is 21.0. The molecular formula is C16H25ClN2O2S. The van der Waals surface area contributed by atoms with Crippen LogP contribution in [-0.4, -0.2) is 35.3 Å². The van der Waals surface area contributed by atoms with E-state index in [2.05, 4.69) is 5.32 Å². The molecule has 1 amide bonds. The lowest BCUT2D eigenvalue weighted by Crippen LogP contribution is -2.49. The van der Waals surface area contributed by atoms with E-state index in [1.807, 2.05) is 32.0 Å². The summed E-state index contributed by atoms with van der Waals surface area (Å²) in [5.74, 6) is 0.566. The zero-order valence-corrected chi connectivity index (χ0v) is 14.8. The summed E-state index contributed by atoms with van der Waals surface area (Å²) in [7, 11) is 0. The number of nitrogens with one attached hydrogen (secondary N) is 1. The number of halogens is 1. The highest BCUT2D eigenvalue weighted by Gasteiger charge is 2.20. The molecule has 0 unspecified atom stereocenters. The molecule has 1 aromatic carbocycles. The molecule has 124 valence electrons. The van der Waals surface area contributed by atoms with Crippen LogP contribution in [-0.2, 0) is 4.79 Å². The minimum Gasteiger partial charge on any atom is -0.354 e. The van der Waals surface area contributed by atoms with E-state index in [9.17, 15) is 9.59 Å². The van der Waals surface area contributed by atoms with Gasteiger partial charge in [0.05, 0.1) is 11.5 Å². The summed E-state index contributed by atoms with van der Waals surface area (Å²) in [6, 6.07) is 9.11. The van der Waals surface area contributed by atoms with Crippen molar-refractivity contribution in [1.82, 2.24) is 5.32 Å². The molecule has 0 aliphatic carbocycles. The normalized spacial score (nSPS) is 10.7. The van der Waals surface area contributed by atoms with Crippen molar-refractivity contribution in [3.63, 3.8) is 0 Å². The fraction of sp³-hybridized carbons (Fsp3) is 0.500. The number of Topliss-reactive ketones (excluding diaryl/α,β-unsaturated/α-hetero) is 1. The Kier molecular flexibility index (Phi) is 10.1. The molecule has 0 spiro atoms. The van der Waals surface area contributed by atoms with Gasteiger partial charge >= 0.3 is 0 Å². The summed E-state index contributed by atoms with van der Waals surface area (Å²) in [6.45, 7) is 4.51. The zero-order valence-electron chi connectivity index (χ0n) is 13.1. The predicted octanol–water partition coefficient (Wildman–Crippen LogP) is 2.66. The largest absolute Gasteiger partial charge is 0.354 e. The minimum absolute atomic E-state index is 0. The molecule has 0 aromatic heterocycles. The highest BCUT2D eigenvalue weighted by molar-refractivity contribution is 8.00. The molecule has 0 bridgehead atoms. The van der Waals surface area contributed by atoms with E-state index in [0.717, 1.165) is 12.8 Å². The maximum Gasteiger partial charge on any atom is 0.230 e. The van der Waals surface area contributed by atoms with Crippen LogP contribution in [0.3, 0.4) is 0 Å². The quantitative estimate of drug-likeness (QED) is 0.675. The average molecular weight is 345 g/mol. The Balaban J connectivity index is 0.00000441. The molecule has 0 heterocycles. The molecule has 0 saturated heterocycles. The summed E-state index contributed by atoms with van der Waals surface area (Å²) in [5, 5.41) is 2.84. The van der Waals surface area contributed by atoms with Gasteiger partial charge in [-0.1, -0.05) is 44.2 Å². The lowest BCUT2D eigenvalue weighted by molar-refractivity contribution is -0.118. The monoisotopic (exact) mass is 344 g/mol. The third-order valence-corrected chi connectivity index (χ3v) is 4.54. The van der Waals surface area contributed by atoms with Gasteiger partial charge in [0.2, 0.25) is 5.91 Å². The van der Waals surface area contributed by atoms with Crippen molar-refractivity contribution in [2.75, 3.05) is 18.1 Å². The molecule has 0 aliphatic rings. The Bertz CT molecular complexity index is 464. The molecule has 0 saturated carbocycles. The molecule has 0 radical (unpaired) electrons. The van der Waals surface area contributed by atoms with Gasteiger partial charge in [-0.3, -0.25) is 9.59 Å². The van der Waals surface area contributed by atoms with Crippen molar-refractivity contribution in [3.8, 4) is 0 Å². The number of rotatable bonds is 9. The van der Waals surface area contributed by atoms with Gasteiger partial charge in [-0.15, -0.1) is 24.2 Å². The molecule has 1 aromatic rings. The molecular weight excluding hydrogens is 320 g/mol. The first-order chi connectivity index (χ1) is 10.0. The number of nitrogens with two attached hydrogens (primary N) is 1. The van der Waals surface area contributed by atoms with Gasteiger partial charge in [-0.05, 0) is 12.8 Å². The minimum atomic E-state index is -0.333. The van der Waals surface area contributed by atoms with Crippen molar-refractivity contribution < 1.29 is 9.59 Å². The first-order valence-electron chi connectivity index (χ1n) is 7.22. The fourth-order valence-electron chi connectivity index (χ4n) is 1.77. The van der Waals surface area contributed by atoms with Crippen molar-refractivity contribution in [1.29, 1.82) is 0 Å². The Morgan fingerprint density at radius 3 is 2.27 bits per heavy atom. The molecule has 0 atom stereocenters. The highest BCUT2D eigenvalue weighted by atomic mass is 35.5. The van der Waals surface area contributed by atoms with Gasteiger partial charge in [0.1, 0.15) is 0 Å². The van der Waals surface area contributed by atoms with Crippen LogP contribution in [0.1, 0.15) is 37.0 Å². The van der Waals surface area contributed by atoms with Crippen LogP contribution in [0.4, 0.5) is 0 Å². The maximum absolute atomic E-state index is 11.9. The van der Waals surface area contributed by atoms with Gasteiger partial charge in [0.25, 0.3) is 0 Å². The smallest absolute Gasteiger partial charge is 0.230 e. The summed E-state index contributed by atoms with van der Waals surface area (Å²) in [6.07, 6.45) is 1.65. The van der Waals surface area contributed by atoms with E-state index in [1.165, 1.54) is 11.8 Å². The lowest BCUT2D eigenvalue weighted by Gasteiger charge is -2.26. The number of hydrogen-bond donors (Lipinski definition) is 2. The van der Waals surface area contributed by atoms with E-state index in [0.29, 0.717) is 17.9 Å². The van der Waals surface area contributed by atoms with Crippen LogP contribution in [0.15, 0.2) is 30.3 Å². The van der Waals surface area contributed by atoms with Crippen molar-refractivity contribution in [2.24, 2.45) is 5.73 Å². The van der Waals surface area contributed by atoms with Crippen molar-refractivity contribution >= 4 is 35.9 Å². The Morgan fingerprint density at radius 2 is 1.73 bits per heavy atom. The van der Waals surface area contributed by atoms with Crippen molar-refractivity contribution in [3.05, 3.63) is 35.9 Å². The number of carbonyl (C=O) groups is 2. The summed E-state index contributed by atoms with van der Waals surface area (Å²) in [4.78, 5) is 23.6. The topological polar surface area (TPSA) is 72.2 Å². The fourth-order valence-corrected chi connectivity index (χ4v) is 2.51. The van der Waals surface area contributed by atoms with Gasteiger partial charge in [0.15, 0.2) is 5.78 Å². The number of amides is 1. The second-order valence-corrected chi connectivity index (χ2v) is 6.11. The van der Waals surface area contributed by atoms with E-state index >= 15 is 0 Å². The van der Waals surface area contributed by atoms with Gasteiger partial charge in [0, 0.05) is 17.6 Å². The molecule has 1 rings (SSSR count). The Labute approximate surface area is 143 Å². The first-order valence-corrected chi connectivity index (χ1v) is 8.38. The number of hydrogen-bond acceptors (Lipinski definition) is 4. The predicted molar refractivity (Wildman–Crippen MR) is 95.9 cm³/mol. The van der Waals surface area contributed by atoms with E-state index in [-0.39, 0.29) is 35.4 Å². The highest BCUT2D eigenvalue weighted by Crippen LogP contribution is 2.10. The SMILES string of the molecule is CCC(N)(CC)CNC(=O)CSCC(=O)c1ccccc1.Cl. The van der Waals surface area contributed by atoms with Gasteiger partial charge in [-0.25, -0.2) is 0 Å². The standard InChI is InChI=1S/C16H24N2O2S.ClH/c1-3-16(17,4-2)12-18-15(20)11-21-10-14(19)13-8-6-5-7-9-13;/h5-9H,3-4,10-12,17H2,1-2H3,(H,18,20);1H. The van der Waals surface area contributed by atoms with Gasteiger partial charge in [-0.2, -0.15) is 0 Å². The van der Waals surface area contributed by atoms with Crippen LogP contribution in [0.25, 0.3) is 0 Å². The maximum atomic E-state index is 11.9. The number of carbonyl (C=O) groups excluding carboxylic acids is 2. The van der Waals surface area contributed by atoms with E-state index in [1.54, 1.807) is 12.1 Å². The van der Waals surface area contributed by atoms with Crippen LogP contribution in [0, 0.1) is 0 Å². The summed E-state index contributed by atoms with van der Waals surface area (Å²) in [5.41, 5.74) is 6.47. The van der Waals surface area contributed by atoms with E-state index in [4.69, 9.17) is 5.73 Å². The second-order valence-electron chi connectivity index (χ2n) is 5.13. The summed E-state index contributed by atoms with van der Waals surface area (Å²) < 4.78 is 0. The average Bonchev–Trinajstić information content (AvgIpc) is 2.53. The number of benzene rings is 1. The number of thioether (sulfide) groups is 1. The van der Waals surface area contributed by atoms with Gasteiger partial charge < -0.3 is 11.1 Å². The molecule has 4 nitrogen and oxygen atoms in total. The number of ketones is 1.